The van der Waals surface area contributed by atoms with Crippen molar-refractivity contribution in [2.75, 3.05) is 0 Å². The number of ether oxygens (including phenoxy) is 2. The highest BCUT2D eigenvalue weighted by atomic mass is 16.5. The number of rotatable bonds is 5. The number of hydrogen-bond acceptors (Lipinski definition) is 4. The summed E-state index contributed by atoms with van der Waals surface area (Å²) in [5.41, 5.74) is 3.04. The first kappa shape index (κ1) is 18.5. The zero-order valence-electron chi connectivity index (χ0n) is 16.3. The molecule has 4 nitrogen and oxygen atoms in total. The first-order valence-corrected chi connectivity index (χ1v) is 9.73. The van der Waals surface area contributed by atoms with Crippen molar-refractivity contribution in [3.8, 4) is 11.5 Å². The predicted octanol–water partition coefficient (Wildman–Crippen LogP) is 5.12. The van der Waals surface area contributed by atoms with Gasteiger partial charge in [0.15, 0.2) is 0 Å². The lowest BCUT2D eigenvalue weighted by atomic mass is 9.78. The molecule has 0 amide bonds. The zero-order chi connectivity index (χ0) is 20.1. The fourth-order valence-corrected chi connectivity index (χ4v) is 4.92. The maximum Gasteiger partial charge on any atom is 0.335 e. The molecule has 2 aliphatic carbocycles. The number of fused-ring (bicyclic) bond motifs is 6. The second-order valence-electron chi connectivity index (χ2n) is 7.93. The molecule has 2 atom stereocenters. The van der Waals surface area contributed by atoms with Crippen LogP contribution in [-0.2, 0) is 21.4 Å². The molecule has 2 aliphatic rings. The topological polar surface area (TPSA) is 52.6 Å². The summed E-state index contributed by atoms with van der Waals surface area (Å²) in [5.74, 6) is 0.514. The fraction of sp³-hybridized carbons (Fsp3) is 0.333. The highest BCUT2D eigenvalue weighted by Crippen LogP contribution is 2.64. The Morgan fingerprint density at radius 2 is 1.82 bits per heavy atom. The molecule has 0 saturated heterocycles. The molecule has 4 rings (SSSR count). The van der Waals surface area contributed by atoms with Crippen LogP contribution in [0, 0.1) is 0 Å². The highest BCUT2D eigenvalue weighted by Gasteiger charge is 2.50. The van der Waals surface area contributed by atoms with Crippen LogP contribution in [-0.4, -0.2) is 11.9 Å². The lowest BCUT2D eigenvalue weighted by Gasteiger charge is -2.29. The van der Waals surface area contributed by atoms with Gasteiger partial charge in [0.1, 0.15) is 11.5 Å². The number of carbonyl (C=O) groups excluding carboxylic acids is 2. The van der Waals surface area contributed by atoms with Crippen LogP contribution < -0.4 is 9.47 Å². The van der Waals surface area contributed by atoms with Gasteiger partial charge in [-0.3, -0.25) is 0 Å². The van der Waals surface area contributed by atoms with Gasteiger partial charge in [0.25, 0.3) is 0 Å². The molecule has 2 aromatic rings. The van der Waals surface area contributed by atoms with Crippen LogP contribution in [0.4, 0.5) is 0 Å². The Morgan fingerprint density at radius 3 is 2.46 bits per heavy atom. The Morgan fingerprint density at radius 1 is 1.14 bits per heavy atom. The molecule has 0 heterocycles. The molecule has 28 heavy (non-hydrogen) atoms. The minimum Gasteiger partial charge on any atom is -0.422 e. The molecule has 2 bridgehead atoms. The van der Waals surface area contributed by atoms with E-state index in [1.807, 2.05) is 18.2 Å². The van der Waals surface area contributed by atoms with E-state index >= 15 is 0 Å². The van der Waals surface area contributed by atoms with Crippen molar-refractivity contribution < 1.29 is 19.1 Å². The van der Waals surface area contributed by atoms with Gasteiger partial charge >= 0.3 is 11.9 Å². The summed E-state index contributed by atoms with van der Waals surface area (Å²) in [7, 11) is 0. The van der Waals surface area contributed by atoms with Crippen LogP contribution in [0.2, 0.25) is 0 Å². The van der Waals surface area contributed by atoms with E-state index in [-0.39, 0.29) is 5.41 Å². The predicted molar refractivity (Wildman–Crippen MR) is 109 cm³/mol. The van der Waals surface area contributed by atoms with Crippen LogP contribution in [0.5, 0.6) is 11.5 Å². The molecule has 0 N–H and O–H groups in total. The molecule has 144 valence electrons. The third-order valence-corrected chi connectivity index (χ3v) is 6.21. The van der Waals surface area contributed by atoms with Crippen molar-refractivity contribution in [3.63, 3.8) is 0 Å². The van der Waals surface area contributed by atoms with Gasteiger partial charge in [0, 0.05) is 34.1 Å². The lowest BCUT2D eigenvalue weighted by molar-refractivity contribution is -0.130. The van der Waals surface area contributed by atoms with Gasteiger partial charge in [0.2, 0.25) is 0 Å². The van der Waals surface area contributed by atoms with E-state index in [1.165, 1.54) is 12.2 Å². The Balaban J connectivity index is 2.09. The third-order valence-electron chi connectivity index (χ3n) is 6.21. The van der Waals surface area contributed by atoms with E-state index in [0.29, 0.717) is 17.4 Å². The molecule has 1 fully saturated rings. The quantitative estimate of drug-likeness (QED) is 0.413. The van der Waals surface area contributed by atoms with Crippen molar-refractivity contribution >= 4 is 22.7 Å². The fourth-order valence-electron chi connectivity index (χ4n) is 4.92. The van der Waals surface area contributed by atoms with Gasteiger partial charge in [-0.15, -0.1) is 0 Å². The number of aryl methyl sites for hydroxylation is 1. The second kappa shape index (κ2) is 6.62. The molecule has 2 aromatic carbocycles. The van der Waals surface area contributed by atoms with Gasteiger partial charge in [-0.05, 0) is 48.6 Å². The van der Waals surface area contributed by atoms with Crippen LogP contribution in [0.1, 0.15) is 55.7 Å². The Kier molecular flexibility index (Phi) is 4.37. The minimum absolute atomic E-state index is 0.0935. The Labute approximate surface area is 164 Å². The van der Waals surface area contributed by atoms with Gasteiger partial charge in [-0.25, -0.2) is 9.59 Å². The smallest absolute Gasteiger partial charge is 0.335 e. The SMILES string of the molecule is C=CC(=O)Oc1c2c(c(OC(=O)C=C)c3ccc(CC)cc13)C1(C)CCC2C1. The molecular weight excluding hydrogens is 352 g/mol. The van der Waals surface area contributed by atoms with Crippen molar-refractivity contribution in [1.29, 1.82) is 0 Å². The van der Waals surface area contributed by atoms with E-state index < -0.39 is 11.9 Å². The van der Waals surface area contributed by atoms with Crippen molar-refractivity contribution in [2.45, 2.75) is 50.9 Å². The lowest BCUT2D eigenvalue weighted by Crippen LogP contribution is -2.20. The van der Waals surface area contributed by atoms with Crippen molar-refractivity contribution in [2.24, 2.45) is 0 Å². The Bertz CT molecular complexity index is 1030. The summed E-state index contributed by atoms with van der Waals surface area (Å²) >= 11 is 0. The second-order valence-corrected chi connectivity index (χ2v) is 7.93. The summed E-state index contributed by atoms with van der Waals surface area (Å²) in [6.45, 7) is 11.4. The van der Waals surface area contributed by atoms with E-state index in [9.17, 15) is 9.59 Å². The standard InChI is InChI=1S/C24H24O4/c1-5-14-8-9-16-17(12-14)22(27-18(25)6-2)20-15-10-11-24(4,13-15)21(20)23(16)28-19(26)7-3/h6-9,12,15H,2-3,5,10-11,13H2,1,4H3. The van der Waals surface area contributed by atoms with Crippen LogP contribution >= 0.6 is 0 Å². The average Bonchev–Trinajstić information content (AvgIpc) is 3.23. The number of benzene rings is 2. The summed E-state index contributed by atoms with van der Waals surface area (Å²) in [4.78, 5) is 24.3. The normalized spacial score (nSPS) is 22.0. The zero-order valence-corrected chi connectivity index (χ0v) is 16.3. The molecule has 0 radical (unpaired) electrons. The summed E-state index contributed by atoms with van der Waals surface area (Å²) < 4.78 is 11.6. The van der Waals surface area contributed by atoms with Crippen LogP contribution in [0.25, 0.3) is 10.8 Å². The highest BCUT2D eigenvalue weighted by molar-refractivity contribution is 6.01. The molecular formula is C24H24O4. The summed E-state index contributed by atoms with van der Waals surface area (Å²) in [5, 5.41) is 1.59. The van der Waals surface area contributed by atoms with Crippen LogP contribution in [0.3, 0.4) is 0 Å². The van der Waals surface area contributed by atoms with Crippen LogP contribution in [0.15, 0.2) is 43.5 Å². The first-order chi connectivity index (χ1) is 13.4. The molecule has 4 heteroatoms. The van der Waals surface area contributed by atoms with E-state index in [1.54, 1.807) is 0 Å². The maximum absolute atomic E-state index is 12.1. The van der Waals surface area contributed by atoms with E-state index in [4.69, 9.17) is 9.47 Å². The monoisotopic (exact) mass is 376 g/mol. The summed E-state index contributed by atoms with van der Waals surface area (Å²) in [6.07, 6.45) is 6.25. The van der Waals surface area contributed by atoms with Gasteiger partial charge < -0.3 is 9.47 Å². The first-order valence-electron chi connectivity index (χ1n) is 9.73. The largest absolute Gasteiger partial charge is 0.422 e. The molecule has 0 spiro atoms. The minimum atomic E-state index is -0.481. The molecule has 1 saturated carbocycles. The molecule has 0 aromatic heterocycles. The van der Waals surface area contributed by atoms with Crippen molar-refractivity contribution in [1.82, 2.24) is 0 Å². The molecule has 0 aliphatic heterocycles. The average molecular weight is 376 g/mol. The van der Waals surface area contributed by atoms with E-state index in [2.05, 4.69) is 27.0 Å². The van der Waals surface area contributed by atoms with Crippen molar-refractivity contribution in [3.05, 3.63) is 60.2 Å². The number of carbonyl (C=O) groups is 2. The van der Waals surface area contributed by atoms with Gasteiger partial charge in [-0.1, -0.05) is 39.1 Å². The van der Waals surface area contributed by atoms with Gasteiger partial charge in [-0.2, -0.15) is 0 Å². The number of hydrogen-bond donors (Lipinski definition) is 0. The third kappa shape index (κ3) is 2.67. The number of esters is 2. The Hall–Kier alpha value is -2.88. The maximum atomic E-state index is 12.1. The summed E-state index contributed by atoms with van der Waals surface area (Å²) in [6, 6.07) is 6.01. The van der Waals surface area contributed by atoms with Gasteiger partial charge in [0.05, 0.1) is 0 Å². The van der Waals surface area contributed by atoms with E-state index in [0.717, 1.165) is 53.1 Å². The molecule has 2 unspecified atom stereocenters.